The van der Waals surface area contributed by atoms with Gasteiger partial charge in [-0.15, -0.1) is 0 Å². The fourth-order valence-corrected chi connectivity index (χ4v) is 3.48. The van der Waals surface area contributed by atoms with Gasteiger partial charge >= 0.3 is 0 Å². The summed E-state index contributed by atoms with van der Waals surface area (Å²) >= 11 is 0. The Balaban J connectivity index is 1.51. The van der Waals surface area contributed by atoms with Gasteiger partial charge in [0, 0.05) is 31.6 Å². The van der Waals surface area contributed by atoms with Crippen LogP contribution in [-0.2, 0) is 4.79 Å². The molecule has 24 heavy (non-hydrogen) atoms. The van der Waals surface area contributed by atoms with E-state index < -0.39 is 0 Å². The molecule has 7 nitrogen and oxygen atoms in total. The second kappa shape index (κ2) is 6.94. The molecule has 2 unspecified atom stereocenters. The average molecular weight is 334 g/mol. The van der Waals surface area contributed by atoms with Crippen LogP contribution < -0.4 is 16.0 Å². The molecule has 1 aromatic rings. The van der Waals surface area contributed by atoms with Gasteiger partial charge in [-0.1, -0.05) is 0 Å². The van der Waals surface area contributed by atoms with E-state index in [4.69, 9.17) is 4.42 Å². The van der Waals surface area contributed by atoms with Crippen molar-refractivity contribution in [2.24, 2.45) is 0 Å². The van der Waals surface area contributed by atoms with Crippen molar-refractivity contribution in [3.05, 3.63) is 23.2 Å². The molecule has 2 fully saturated rings. The summed E-state index contributed by atoms with van der Waals surface area (Å²) in [5.74, 6) is 1.43. The van der Waals surface area contributed by atoms with Crippen molar-refractivity contribution in [3.8, 4) is 0 Å². The Morgan fingerprint density at radius 1 is 1.33 bits per heavy atom. The maximum atomic E-state index is 12.4. The summed E-state index contributed by atoms with van der Waals surface area (Å²) in [6.07, 6.45) is 2.15. The molecule has 0 aromatic carbocycles. The number of hydrogen-bond acceptors (Lipinski definition) is 5. The highest BCUT2D eigenvalue weighted by atomic mass is 16.3. The van der Waals surface area contributed by atoms with E-state index in [0.717, 1.165) is 31.7 Å². The van der Waals surface area contributed by atoms with Gasteiger partial charge in [0.1, 0.15) is 17.8 Å². The summed E-state index contributed by atoms with van der Waals surface area (Å²) in [4.78, 5) is 26.3. The van der Waals surface area contributed by atoms with E-state index in [-0.39, 0.29) is 30.2 Å². The lowest BCUT2D eigenvalue weighted by atomic mass is 10.0. The zero-order chi connectivity index (χ0) is 17.3. The quantitative estimate of drug-likeness (QED) is 0.764. The largest absolute Gasteiger partial charge is 0.466 e. The minimum absolute atomic E-state index is 0.0690. The molecule has 7 heteroatoms. The van der Waals surface area contributed by atoms with Crippen molar-refractivity contribution in [2.75, 3.05) is 13.1 Å². The molecule has 0 bridgehead atoms. The van der Waals surface area contributed by atoms with Crippen molar-refractivity contribution in [1.29, 1.82) is 0 Å². The van der Waals surface area contributed by atoms with Crippen molar-refractivity contribution in [3.63, 3.8) is 0 Å². The molecule has 0 saturated carbocycles. The van der Waals surface area contributed by atoms with Crippen molar-refractivity contribution >= 4 is 11.8 Å². The Morgan fingerprint density at radius 3 is 2.62 bits per heavy atom. The van der Waals surface area contributed by atoms with Crippen LogP contribution in [0.4, 0.5) is 0 Å². The molecule has 2 aliphatic heterocycles. The highest BCUT2D eigenvalue weighted by Crippen LogP contribution is 2.17. The number of rotatable bonds is 3. The summed E-state index contributed by atoms with van der Waals surface area (Å²) in [5.41, 5.74) is 0.616. The van der Waals surface area contributed by atoms with Gasteiger partial charge in [0.05, 0.1) is 5.56 Å². The molecule has 132 valence electrons. The van der Waals surface area contributed by atoms with Crippen LogP contribution in [0.2, 0.25) is 0 Å². The number of nitrogens with one attached hydrogen (secondary N) is 3. The molecule has 0 spiro atoms. The molecule has 2 saturated heterocycles. The summed E-state index contributed by atoms with van der Waals surface area (Å²) in [7, 11) is 0. The van der Waals surface area contributed by atoms with Crippen LogP contribution in [-0.4, -0.2) is 48.2 Å². The first-order chi connectivity index (χ1) is 11.4. The van der Waals surface area contributed by atoms with E-state index in [1.54, 1.807) is 6.07 Å². The normalized spacial score (nSPS) is 26.2. The van der Waals surface area contributed by atoms with Gasteiger partial charge < -0.3 is 15.1 Å². The Hall–Kier alpha value is -1.86. The smallest absolute Gasteiger partial charge is 0.255 e. The lowest BCUT2D eigenvalue weighted by Gasteiger charge is -2.41. The second-order valence-electron chi connectivity index (χ2n) is 6.85. The molecule has 3 heterocycles. The highest BCUT2D eigenvalue weighted by molar-refractivity contribution is 5.95. The van der Waals surface area contributed by atoms with Crippen LogP contribution in [0.15, 0.2) is 10.5 Å². The number of furan rings is 1. The first-order valence-corrected chi connectivity index (χ1v) is 8.59. The van der Waals surface area contributed by atoms with Crippen LogP contribution in [0, 0.1) is 13.8 Å². The van der Waals surface area contributed by atoms with Gasteiger partial charge in [0.25, 0.3) is 5.91 Å². The van der Waals surface area contributed by atoms with E-state index in [9.17, 15) is 9.59 Å². The zero-order valence-corrected chi connectivity index (χ0v) is 14.5. The zero-order valence-electron chi connectivity index (χ0n) is 14.5. The number of nitrogens with zero attached hydrogens (tertiary/aromatic N) is 1. The molecule has 3 N–H and O–H groups in total. The summed E-state index contributed by atoms with van der Waals surface area (Å²) in [6.45, 7) is 7.34. The van der Waals surface area contributed by atoms with Crippen LogP contribution in [0.5, 0.6) is 0 Å². The fourth-order valence-electron chi connectivity index (χ4n) is 3.48. The third kappa shape index (κ3) is 3.79. The van der Waals surface area contributed by atoms with Crippen molar-refractivity contribution in [1.82, 2.24) is 20.9 Å². The molecule has 2 amide bonds. The minimum atomic E-state index is -0.100. The maximum Gasteiger partial charge on any atom is 0.255 e. The lowest BCUT2D eigenvalue weighted by molar-refractivity contribution is -0.127. The van der Waals surface area contributed by atoms with Crippen LogP contribution in [0.1, 0.15) is 48.1 Å². The van der Waals surface area contributed by atoms with Gasteiger partial charge in [0.2, 0.25) is 5.91 Å². The number of piperidine rings is 1. The Kier molecular flexibility index (Phi) is 4.91. The van der Waals surface area contributed by atoms with Gasteiger partial charge in [-0.3, -0.25) is 19.8 Å². The molecule has 2 atom stereocenters. The summed E-state index contributed by atoms with van der Waals surface area (Å²) < 4.78 is 5.42. The number of likely N-dealkylation sites (tertiary alicyclic amines) is 1. The SMILES string of the molecule is Cc1cc(C(=O)NC2CCN(C3NC(=O)CC(C)N3)CC2)c(C)o1. The van der Waals surface area contributed by atoms with Crippen LogP contribution in [0.3, 0.4) is 0 Å². The molecule has 0 radical (unpaired) electrons. The van der Waals surface area contributed by atoms with Gasteiger partial charge in [0.15, 0.2) is 0 Å². The Bertz CT molecular complexity index is 619. The number of amides is 2. The van der Waals surface area contributed by atoms with E-state index in [1.165, 1.54) is 0 Å². The molecule has 1 aromatic heterocycles. The van der Waals surface area contributed by atoms with E-state index >= 15 is 0 Å². The number of carbonyl (C=O) groups is 2. The maximum absolute atomic E-state index is 12.4. The first kappa shape index (κ1) is 17.0. The third-order valence-electron chi connectivity index (χ3n) is 4.75. The predicted octanol–water partition coefficient (Wildman–Crippen LogP) is 0.872. The number of aryl methyl sites for hydroxylation is 2. The summed E-state index contributed by atoms with van der Waals surface area (Å²) in [6, 6.07) is 2.12. The number of hydrogen-bond donors (Lipinski definition) is 3. The average Bonchev–Trinajstić information content (AvgIpc) is 2.86. The first-order valence-electron chi connectivity index (χ1n) is 8.59. The standard InChI is InChI=1S/C17H26N4O3/c1-10-8-15(22)20-17(18-10)21-6-4-13(5-7-21)19-16(23)14-9-11(2)24-12(14)3/h9-10,13,17-18H,4-8H2,1-3H3,(H,19,23)(H,20,22). The molecule has 3 rings (SSSR count). The van der Waals surface area contributed by atoms with Crippen LogP contribution in [0.25, 0.3) is 0 Å². The molecular formula is C17H26N4O3. The Morgan fingerprint density at radius 2 is 2.04 bits per heavy atom. The van der Waals surface area contributed by atoms with Gasteiger partial charge in [-0.05, 0) is 39.7 Å². The van der Waals surface area contributed by atoms with E-state index in [2.05, 4.69) is 20.9 Å². The van der Waals surface area contributed by atoms with Crippen molar-refractivity contribution < 1.29 is 14.0 Å². The highest BCUT2D eigenvalue weighted by Gasteiger charge is 2.31. The molecular weight excluding hydrogens is 308 g/mol. The lowest BCUT2D eigenvalue weighted by Crippen LogP contribution is -2.65. The second-order valence-corrected chi connectivity index (χ2v) is 6.85. The topological polar surface area (TPSA) is 86.6 Å². The summed E-state index contributed by atoms with van der Waals surface area (Å²) in [5, 5.41) is 9.48. The van der Waals surface area contributed by atoms with E-state index in [0.29, 0.717) is 17.7 Å². The predicted molar refractivity (Wildman–Crippen MR) is 89.4 cm³/mol. The van der Waals surface area contributed by atoms with E-state index in [1.807, 2.05) is 20.8 Å². The van der Waals surface area contributed by atoms with Crippen LogP contribution >= 0.6 is 0 Å². The minimum Gasteiger partial charge on any atom is -0.466 e. The molecule has 0 aliphatic carbocycles. The monoisotopic (exact) mass is 334 g/mol. The third-order valence-corrected chi connectivity index (χ3v) is 4.75. The Labute approximate surface area is 142 Å². The van der Waals surface area contributed by atoms with Crippen molar-refractivity contribution in [2.45, 2.75) is 58.4 Å². The number of carbonyl (C=O) groups excluding carboxylic acids is 2. The fraction of sp³-hybridized carbons (Fsp3) is 0.647. The van der Waals surface area contributed by atoms with Gasteiger partial charge in [-0.25, -0.2) is 0 Å². The van der Waals surface area contributed by atoms with Gasteiger partial charge in [-0.2, -0.15) is 0 Å². The molecule has 2 aliphatic rings.